The Hall–Kier alpha value is -0.870. The zero-order chi connectivity index (χ0) is 12.2. The normalized spacial score (nSPS) is 11.2. The number of benzene rings is 1. The van der Waals surface area contributed by atoms with E-state index in [4.69, 9.17) is 5.11 Å². The van der Waals surface area contributed by atoms with Crippen molar-refractivity contribution < 1.29 is 9.90 Å². The van der Waals surface area contributed by atoms with E-state index >= 15 is 0 Å². The van der Waals surface area contributed by atoms with Gasteiger partial charge in [-0.2, -0.15) is 0 Å². The van der Waals surface area contributed by atoms with E-state index < -0.39 is 4.32 Å². The second-order valence-corrected chi connectivity index (χ2v) is 6.11. The highest BCUT2D eigenvalue weighted by Gasteiger charge is 2.22. The molecule has 0 unspecified atom stereocenters. The molecule has 16 heavy (non-hydrogen) atoms. The highest BCUT2D eigenvalue weighted by Crippen LogP contribution is 2.15. The van der Waals surface area contributed by atoms with E-state index in [-0.39, 0.29) is 12.5 Å². The number of halogens is 1. The Morgan fingerprint density at radius 2 is 1.81 bits per heavy atom. The summed E-state index contributed by atoms with van der Waals surface area (Å²) in [6, 6.07) is 7.49. The molecule has 1 rings (SSSR count). The van der Waals surface area contributed by atoms with E-state index in [0.717, 1.165) is 11.1 Å². The average molecular weight is 286 g/mol. The largest absolute Gasteiger partial charge is 0.392 e. The third-order valence-electron chi connectivity index (χ3n) is 2.20. The van der Waals surface area contributed by atoms with Crippen molar-refractivity contribution in [1.29, 1.82) is 0 Å². The van der Waals surface area contributed by atoms with Crippen LogP contribution in [0.5, 0.6) is 0 Å². The molecule has 0 fully saturated rings. The predicted molar refractivity (Wildman–Crippen MR) is 67.2 cm³/mol. The van der Waals surface area contributed by atoms with E-state index in [1.54, 1.807) is 13.8 Å². The summed E-state index contributed by atoms with van der Waals surface area (Å²) >= 11 is 3.30. The fraction of sp³-hybridized carbons (Fsp3) is 0.417. The number of carbonyl (C=O) groups excluding carboxylic acids is 1. The van der Waals surface area contributed by atoms with Crippen molar-refractivity contribution in [3.8, 4) is 0 Å². The van der Waals surface area contributed by atoms with Crippen molar-refractivity contribution in [3.05, 3.63) is 35.4 Å². The van der Waals surface area contributed by atoms with E-state index in [0.29, 0.717) is 6.54 Å². The second-order valence-electron chi connectivity index (χ2n) is 4.13. The zero-order valence-electron chi connectivity index (χ0n) is 9.46. The Balaban J connectivity index is 2.52. The van der Waals surface area contributed by atoms with Gasteiger partial charge in [0, 0.05) is 6.54 Å². The lowest BCUT2D eigenvalue weighted by molar-refractivity contribution is -0.122. The molecule has 4 heteroatoms. The van der Waals surface area contributed by atoms with E-state index in [2.05, 4.69) is 21.2 Å². The molecule has 0 aliphatic rings. The standard InChI is InChI=1S/C12H16BrNO2/c1-12(2,13)11(16)14-7-9-3-5-10(8-15)6-4-9/h3-6,15H,7-8H2,1-2H3,(H,14,16). The van der Waals surface area contributed by atoms with Crippen LogP contribution in [0.2, 0.25) is 0 Å². The molecular formula is C12H16BrNO2. The lowest BCUT2D eigenvalue weighted by Gasteiger charge is -2.15. The minimum atomic E-state index is -0.544. The SMILES string of the molecule is CC(C)(Br)C(=O)NCc1ccc(CO)cc1. The Morgan fingerprint density at radius 1 is 1.31 bits per heavy atom. The van der Waals surface area contributed by atoms with Crippen LogP contribution in [0.4, 0.5) is 0 Å². The van der Waals surface area contributed by atoms with Gasteiger partial charge in [-0.05, 0) is 25.0 Å². The molecule has 88 valence electrons. The van der Waals surface area contributed by atoms with Gasteiger partial charge < -0.3 is 10.4 Å². The number of nitrogens with one attached hydrogen (secondary N) is 1. The van der Waals surface area contributed by atoms with Gasteiger partial charge in [-0.25, -0.2) is 0 Å². The first-order chi connectivity index (χ1) is 7.43. The molecule has 0 atom stereocenters. The van der Waals surface area contributed by atoms with Crippen LogP contribution in [0.25, 0.3) is 0 Å². The van der Waals surface area contributed by atoms with Crippen LogP contribution in [0.3, 0.4) is 0 Å². The maximum Gasteiger partial charge on any atom is 0.236 e. The Kier molecular flexibility index (Phi) is 4.50. The van der Waals surface area contributed by atoms with Crippen LogP contribution < -0.4 is 5.32 Å². The molecule has 1 aromatic rings. The van der Waals surface area contributed by atoms with Gasteiger partial charge in [0.25, 0.3) is 0 Å². The molecular weight excluding hydrogens is 270 g/mol. The summed E-state index contributed by atoms with van der Waals surface area (Å²) in [5.41, 5.74) is 1.89. The Morgan fingerprint density at radius 3 is 2.25 bits per heavy atom. The van der Waals surface area contributed by atoms with Crippen molar-refractivity contribution in [3.63, 3.8) is 0 Å². The summed E-state index contributed by atoms with van der Waals surface area (Å²) in [4.78, 5) is 11.6. The van der Waals surface area contributed by atoms with Gasteiger partial charge in [-0.1, -0.05) is 40.2 Å². The molecule has 0 bridgehead atoms. The van der Waals surface area contributed by atoms with Gasteiger partial charge in [-0.3, -0.25) is 4.79 Å². The number of alkyl halides is 1. The summed E-state index contributed by atoms with van der Waals surface area (Å²) in [5.74, 6) is -0.0428. The first-order valence-electron chi connectivity index (χ1n) is 5.09. The maximum absolute atomic E-state index is 11.6. The summed E-state index contributed by atoms with van der Waals surface area (Å²) in [7, 11) is 0. The molecule has 0 aromatic heterocycles. The molecule has 0 saturated heterocycles. The second kappa shape index (κ2) is 5.46. The lowest BCUT2D eigenvalue weighted by atomic mass is 10.1. The minimum absolute atomic E-state index is 0.0427. The molecule has 0 aliphatic heterocycles. The van der Waals surface area contributed by atoms with Crippen molar-refractivity contribution in [2.75, 3.05) is 0 Å². The van der Waals surface area contributed by atoms with Crippen LogP contribution >= 0.6 is 15.9 Å². The summed E-state index contributed by atoms with van der Waals surface area (Å²) < 4.78 is -0.544. The summed E-state index contributed by atoms with van der Waals surface area (Å²) in [5, 5.41) is 11.7. The lowest BCUT2D eigenvalue weighted by Crippen LogP contribution is -2.36. The molecule has 1 amide bonds. The summed E-state index contributed by atoms with van der Waals surface area (Å²) in [6.45, 7) is 4.15. The molecule has 2 N–H and O–H groups in total. The van der Waals surface area contributed by atoms with Gasteiger partial charge in [0.15, 0.2) is 0 Å². The topological polar surface area (TPSA) is 49.3 Å². The number of rotatable bonds is 4. The predicted octanol–water partition coefficient (Wildman–Crippen LogP) is 1.97. The van der Waals surface area contributed by atoms with Crippen LogP contribution in [0, 0.1) is 0 Å². The number of aliphatic hydroxyl groups excluding tert-OH is 1. The van der Waals surface area contributed by atoms with Gasteiger partial charge in [0.1, 0.15) is 0 Å². The maximum atomic E-state index is 11.6. The van der Waals surface area contributed by atoms with E-state index in [1.165, 1.54) is 0 Å². The van der Waals surface area contributed by atoms with Crippen LogP contribution in [0.15, 0.2) is 24.3 Å². The fourth-order valence-electron chi connectivity index (χ4n) is 1.16. The van der Waals surface area contributed by atoms with Crippen molar-refractivity contribution in [2.45, 2.75) is 31.3 Å². The molecule has 3 nitrogen and oxygen atoms in total. The molecule has 0 aliphatic carbocycles. The molecule has 0 heterocycles. The number of carbonyl (C=O) groups is 1. The van der Waals surface area contributed by atoms with Crippen molar-refractivity contribution in [1.82, 2.24) is 5.32 Å². The van der Waals surface area contributed by atoms with E-state index in [9.17, 15) is 4.79 Å². The smallest absolute Gasteiger partial charge is 0.236 e. The average Bonchev–Trinajstić information content (AvgIpc) is 2.25. The third-order valence-corrected chi connectivity index (χ3v) is 2.56. The Labute approximate surface area is 104 Å². The molecule has 0 spiro atoms. The monoisotopic (exact) mass is 285 g/mol. The molecule has 1 aromatic carbocycles. The fourth-order valence-corrected chi connectivity index (χ4v) is 1.30. The number of amides is 1. The van der Waals surface area contributed by atoms with Gasteiger partial charge in [-0.15, -0.1) is 0 Å². The van der Waals surface area contributed by atoms with E-state index in [1.807, 2.05) is 24.3 Å². The highest BCUT2D eigenvalue weighted by molar-refractivity contribution is 9.10. The molecule has 0 radical (unpaired) electrons. The number of aliphatic hydroxyl groups is 1. The Bertz CT molecular complexity index is 354. The number of hydrogen-bond acceptors (Lipinski definition) is 2. The van der Waals surface area contributed by atoms with Gasteiger partial charge >= 0.3 is 0 Å². The third kappa shape index (κ3) is 3.94. The highest BCUT2D eigenvalue weighted by atomic mass is 79.9. The molecule has 0 saturated carbocycles. The number of hydrogen-bond donors (Lipinski definition) is 2. The van der Waals surface area contributed by atoms with Crippen LogP contribution in [-0.2, 0) is 17.9 Å². The van der Waals surface area contributed by atoms with Crippen molar-refractivity contribution in [2.24, 2.45) is 0 Å². The first-order valence-corrected chi connectivity index (χ1v) is 5.88. The minimum Gasteiger partial charge on any atom is -0.392 e. The quantitative estimate of drug-likeness (QED) is 0.831. The summed E-state index contributed by atoms with van der Waals surface area (Å²) in [6.07, 6.45) is 0. The van der Waals surface area contributed by atoms with Gasteiger partial charge in [0.05, 0.1) is 10.9 Å². The van der Waals surface area contributed by atoms with Gasteiger partial charge in [0.2, 0.25) is 5.91 Å². The van der Waals surface area contributed by atoms with Crippen LogP contribution in [0.1, 0.15) is 25.0 Å². The van der Waals surface area contributed by atoms with Crippen LogP contribution in [-0.4, -0.2) is 15.3 Å². The first kappa shape index (κ1) is 13.2. The zero-order valence-corrected chi connectivity index (χ0v) is 11.0. The van der Waals surface area contributed by atoms with Crippen molar-refractivity contribution >= 4 is 21.8 Å².